The molecule has 2 N–H and O–H groups in total. The maximum absolute atomic E-state index is 12.8. The number of piperidine rings is 1. The molecule has 1 saturated heterocycles. The van der Waals surface area contributed by atoms with Crippen molar-refractivity contribution in [2.24, 2.45) is 13.0 Å². The number of nitrogens with one attached hydrogen (secondary N) is 2. The first-order valence-electron chi connectivity index (χ1n) is 10.6. The van der Waals surface area contributed by atoms with Gasteiger partial charge in [-0.05, 0) is 74.7 Å². The van der Waals surface area contributed by atoms with Crippen molar-refractivity contribution < 1.29 is 4.79 Å². The molecule has 2 aromatic heterocycles. The number of aromatic nitrogens is 3. The van der Waals surface area contributed by atoms with E-state index in [0.29, 0.717) is 23.3 Å². The molecule has 31 heavy (non-hydrogen) atoms. The minimum atomic E-state index is 0.198. The molecule has 0 amide bonds. The van der Waals surface area contributed by atoms with E-state index in [4.69, 9.17) is 16.6 Å². The molecule has 0 saturated carbocycles. The van der Waals surface area contributed by atoms with Crippen molar-refractivity contribution in [2.45, 2.75) is 25.7 Å². The van der Waals surface area contributed by atoms with E-state index in [1.54, 1.807) is 0 Å². The lowest BCUT2D eigenvalue weighted by molar-refractivity contribution is 0.0971. The summed E-state index contributed by atoms with van der Waals surface area (Å²) in [6.45, 7) is 2.13. The minimum Gasteiger partial charge on any atom is -0.317 e. The van der Waals surface area contributed by atoms with Crippen LogP contribution < -0.4 is 10.6 Å². The Labute approximate surface area is 189 Å². The van der Waals surface area contributed by atoms with Crippen molar-refractivity contribution in [3.8, 4) is 0 Å². The van der Waals surface area contributed by atoms with Crippen LogP contribution in [0.15, 0.2) is 36.4 Å². The summed E-state index contributed by atoms with van der Waals surface area (Å²) in [5.74, 6) is 1.55. The predicted octanol–water partition coefficient (Wildman–Crippen LogP) is 5.54. The molecule has 0 aliphatic carbocycles. The van der Waals surface area contributed by atoms with Crippen LogP contribution in [-0.2, 0) is 7.05 Å². The van der Waals surface area contributed by atoms with Crippen LogP contribution in [0.3, 0.4) is 0 Å². The van der Waals surface area contributed by atoms with Gasteiger partial charge in [-0.2, -0.15) is 0 Å². The molecule has 3 heterocycles. The summed E-state index contributed by atoms with van der Waals surface area (Å²) in [5.41, 5.74) is 3.42. The lowest BCUT2D eigenvalue weighted by Gasteiger charge is -2.22. The number of hydrogen-bond donors (Lipinski definition) is 2. The Morgan fingerprint density at radius 1 is 1.19 bits per heavy atom. The summed E-state index contributed by atoms with van der Waals surface area (Å²) >= 11 is 7.62. The van der Waals surface area contributed by atoms with E-state index in [1.165, 1.54) is 24.2 Å². The fourth-order valence-electron chi connectivity index (χ4n) is 4.18. The third-order valence-electron chi connectivity index (χ3n) is 6.01. The SMILES string of the molecule is Cn1c(Nc2nc3ccc(Cl)cc3s2)nc2cc(C(=O)CCC3CCNCC3)ccc21. The number of thiazole rings is 1. The van der Waals surface area contributed by atoms with Crippen LogP contribution in [0.2, 0.25) is 5.02 Å². The van der Waals surface area contributed by atoms with Crippen LogP contribution in [0.5, 0.6) is 0 Å². The highest BCUT2D eigenvalue weighted by atomic mass is 35.5. The molecular formula is C23H24ClN5OS. The van der Waals surface area contributed by atoms with E-state index in [1.807, 2.05) is 48.0 Å². The van der Waals surface area contributed by atoms with E-state index in [0.717, 1.165) is 51.5 Å². The highest BCUT2D eigenvalue weighted by molar-refractivity contribution is 7.22. The lowest BCUT2D eigenvalue weighted by Crippen LogP contribution is -2.27. The van der Waals surface area contributed by atoms with Gasteiger partial charge in [-0.25, -0.2) is 9.97 Å². The largest absolute Gasteiger partial charge is 0.317 e. The highest BCUT2D eigenvalue weighted by Crippen LogP contribution is 2.31. The second-order valence-electron chi connectivity index (χ2n) is 8.11. The third kappa shape index (κ3) is 4.31. The van der Waals surface area contributed by atoms with E-state index in [9.17, 15) is 4.79 Å². The summed E-state index contributed by atoms with van der Waals surface area (Å²) in [5, 5.41) is 8.15. The molecule has 0 atom stereocenters. The van der Waals surface area contributed by atoms with E-state index in [-0.39, 0.29) is 5.78 Å². The predicted molar refractivity (Wildman–Crippen MR) is 128 cm³/mol. The van der Waals surface area contributed by atoms with Crippen LogP contribution in [0, 0.1) is 5.92 Å². The highest BCUT2D eigenvalue weighted by Gasteiger charge is 2.17. The number of anilines is 2. The van der Waals surface area contributed by atoms with E-state index < -0.39 is 0 Å². The Kier molecular flexibility index (Phi) is 5.65. The van der Waals surface area contributed by atoms with E-state index in [2.05, 4.69) is 15.6 Å². The number of hydrogen-bond acceptors (Lipinski definition) is 6. The summed E-state index contributed by atoms with van der Waals surface area (Å²) in [6.07, 6.45) is 3.90. The van der Waals surface area contributed by atoms with Crippen molar-refractivity contribution in [2.75, 3.05) is 18.4 Å². The van der Waals surface area contributed by atoms with Crippen LogP contribution in [0.25, 0.3) is 21.3 Å². The van der Waals surface area contributed by atoms with Gasteiger partial charge in [0.05, 0.1) is 21.3 Å². The number of Topliss-reactive ketones (excluding diaryl/α,β-unsaturated/α-hetero) is 1. The Balaban J connectivity index is 1.34. The van der Waals surface area contributed by atoms with Gasteiger partial charge in [-0.3, -0.25) is 4.79 Å². The molecule has 1 aliphatic rings. The smallest absolute Gasteiger partial charge is 0.209 e. The van der Waals surface area contributed by atoms with Crippen molar-refractivity contribution >= 4 is 61.1 Å². The molecule has 8 heteroatoms. The number of fused-ring (bicyclic) bond motifs is 2. The molecule has 0 unspecified atom stereocenters. The number of benzene rings is 2. The number of imidazole rings is 1. The standard InChI is InChI=1S/C23H24ClN5OS/c1-29-19-6-3-15(20(30)7-2-14-8-10-25-11-9-14)12-18(19)26-22(29)28-23-27-17-5-4-16(24)13-21(17)31-23/h3-6,12-14,25H,2,7-11H2,1H3,(H,26,27,28). The van der Waals surface area contributed by atoms with Gasteiger partial charge >= 0.3 is 0 Å². The van der Waals surface area contributed by atoms with Crippen LogP contribution in [-0.4, -0.2) is 33.4 Å². The molecule has 0 radical (unpaired) electrons. The second-order valence-corrected chi connectivity index (χ2v) is 9.58. The Bertz CT molecular complexity index is 1260. The third-order valence-corrected chi connectivity index (χ3v) is 7.18. The molecule has 1 fully saturated rings. The summed E-state index contributed by atoms with van der Waals surface area (Å²) in [4.78, 5) is 22.1. The van der Waals surface area contributed by atoms with Crippen LogP contribution in [0.4, 0.5) is 11.1 Å². The van der Waals surface area contributed by atoms with Crippen LogP contribution >= 0.6 is 22.9 Å². The van der Waals surface area contributed by atoms with Gasteiger partial charge in [0.2, 0.25) is 5.95 Å². The summed E-state index contributed by atoms with van der Waals surface area (Å²) < 4.78 is 3.01. The number of nitrogens with zero attached hydrogens (tertiary/aromatic N) is 3. The fourth-order valence-corrected chi connectivity index (χ4v) is 5.32. The van der Waals surface area contributed by atoms with Gasteiger partial charge in [0.25, 0.3) is 0 Å². The first kappa shape index (κ1) is 20.4. The van der Waals surface area contributed by atoms with Crippen molar-refractivity contribution in [3.05, 3.63) is 47.0 Å². The molecule has 2 aromatic carbocycles. The number of carbonyl (C=O) groups is 1. The topological polar surface area (TPSA) is 71.8 Å². The van der Waals surface area contributed by atoms with Gasteiger partial charge in [0.1, 0.15) is 0 Å². The zero-order valence-corrected chi connectivity index (χ0v) is 18.9. The number of aryl methyl sites for hydroxylation is 1. The van der Waals surface area contributed by atoms with Gasteiger partial charge in [-0.15, -0.1) is 0 Å². The minimum absolute atomic E-state index is 0.198. The van der Waals surface area contributed by atoms with Gasteiger partial charge < -0.3 is 15.2 Å². The molecule has 5 rings (SSSR count). The average molecular weight is 454 g/mol. The van der Waals surface area contributed by atoms with Gasteiger partial charge in [0, 0.05) is 24.1 Å². The number of carbonyl (C=O) groups excluding carboxylic acids is 1. The average Bonchev–Trinajstić information content (AvgIpc) is 3.32. The summed E-state index contributed by atoms with van der Waals surface area (Å²) in [6, 6.07) is 11.5. The zero-order valence-electron chi connectivity index (χ0n) is 17.3. The lowest BCUT2D eigenvalue weighted by atomic mass is 9.91. The Morgan fingerprint density at radius 3 is 2.87 bits per heavy atom. The molecule has 1 aliphatic heterocycles. The Morgan fingerprint density at radius 2 is 2.03 bits per heavy atom. The molecule has 4 aromatic rings. The molecule has 6 nitrogen and oxygen atoms in total. The normalized spacial score (nSPS) is 15.0. The van der Waals surface area contributed by atoms with Crippen LogP contribution in [0.1, 0.15) is 36.0 Å². The van der Waals surface area contributed by atoms with E-state index >= 15 is 0 Å². The zero-order chi connectivity index (χ0) is 21.4. The number of halogens is 1. The second kappa shape index (κ2) is 8.57. The maximum atomic E-state index is 12.8. The molecule has 0 bridgehead atoms. The fraction of sp³-hybridized carbons (Fsp3) is 0.348. The molecule has 160 valence electrons. The van der Waals surface area contributed by atoms with Gasteiger partial charge in [0.15, 0.2) is 10.9 Å². The van der Waals surface area contributed by atoms with Crippen molar-refractivity contribution in [1.29, 1.82) is 0 Å². The molecule has 0 spiro atoms. The maximum Gasteiger partial charge on any atom is 0.209 e. The van der Waals surface area contributed by atoms with Crippen molar-refractivity contribution in [3.63, 3.8) is 0 Å². The van der Waals surface area contributed by atoms with Crippen molar-refractivity contribution in [1.82, 2.24) is 19.9 Å². The quantitative estimate of drug-likeness (QED) is 0.375. The first-order valence-corrected chi connectivity index (χ1v) is 11.8. The monoisotopic (exact) mass is 453 g/mol. The Hall–Kier alpha value is -2.48. The van der Waals surface area contributed by atoms with Gasteiger partial charge in [-0.1, -0.05) is 22.9 Å². The first-order chi connectivity index (χ1) is 15.1. The molecular weight excluding hydrogens is 430 g/mol. The number of rotatable bonds is 6. The number of ketones is 1. The summed E-state index contributed by atoms with van der Waals surface area (Å²) in [7, 11) is 1.96.